The van der Waals surface area contributed by atoms with E-state index in [4.69, 9.17) is 0 Å². The molecule has 2 saturated carbocycles. The summed E-state index contributed by atoms with van der Waals surface area (Å²) in [5, 5.41) is 24.5. The summed E-state index contributed by atoms with van der Waals surface area (Å²) in [6.45, 7) is 4.43. The van der Waals surface area contributed by atoms with Crippen LogP contribution in [0.2, 0.25) is 0 Å². The minimum absolute atomic E-state index is 0.00457. The first-order chi connectivity index (χ1) is 17.8. The normalized spacial score (nSPS) is 24.6. The van der Waals surface area contributed by atoms with Gasteiger partial charge in [-0.2, -0.15) is 10.2 Å². The Bertz CT molecular complexity index is 1230. The SMILES string of the molecule is CC(C)C1CCC(n2cc(NC(=O)c3cnn4ccc(N[C@@H]5CCCC[C@H]5O)nc34)c(C(F)F)n2)CC1. The van der Waals surface area contributed by atoms with Gasteiger partial charge in [0, 0.05) is 12.4 Å². The third-order valence-electron chi connectivity index (χ3n) is 7.95. The lowest BCUT2D eigenvalue weighted by atomic mass is 9.80. The van der Waals surface area contributed by atoms with Crippen LogP contribution in [0.3, 0.4) is 0 Å². The standard InChI is InChI=1S/C26H35F2N7O2/c1-15(2)16-7-9-17(10-8-16)35-14-20(23(33-35)24(27)28)31-26(37)18-13-29-34-12-11-22(32-25(18)34)30-19-5-3-4-6-21(19)36/h11-17,19,21,24,36H,3-10H2,1-2H3,(H,30,32)(H,31,37)/t16?,17?,19-,21-/m1/s1. The number of anilines is 2. The molecule has 3 N–H and O–H groups in total. The third-order valence-corrected chi connectivity index (χ3v) is 7.95. The molecule has 0 saturated heterocycles. The smallest absolute Gasteiger partial charge is 0.284 e. The number of alkyl halides is 2. The monoisotopic (exact) mass is 515 g/mol. The Morgan fingerprint density at radius 3 is 2.59 bits per heavy atom. The number of aromatic nitrogens is 5. The summed E-state index contributed by atoms with van der Waals surface area (Å²) in [6, 6.07) is 1.66. The summed E-state index contributed by atoms with van der Waals surface area (Å²) in [5.74, 6) is 1.19. The zero-order valence-electron chi connectivity index (χ0n) is 21.3. The summed E-state index contributed by atoms with van der Waals surface area (Å²) in [7, 11) is 0. The van der Waals surface area contributed by atoms with Crippen molar-refractivity contribution in [2.45, 2.75) is 89.8 Å². The average Bonchev–Trinajstić information content (AvgIpc) is 3.50. The fraction of sp³-hybridized carbons (Fsp3) is 0.615. The van der Waals surface area contributed by atoms with E-state index in [1.54, 1.807) is 16.9 Å². The van der Waals surface area contributed by atoms with Gasteiger partial charge in [0.05, 0.1) is 30.1 Å². The summed E-state index contributed by atoms with van der Waals surface area (Å²) in [4.78, 5) is 17.7. The fourth-order valence-electron chi connectivity index (χ4n) is 5.65. The third kappa shape index (κ3) is 5.46. The Balaban J connectivity index is 1.34. The van der Waals surface area contributed by atoms with Gasteiger partial charge in [-0.25, -0.2) is 18.3 Å². The number of rotatable bonds is 7. The molecule has 0 aliphatic heterocycles. The largest absolute Gasteiger partial charge is 0.391 e. The Morgan fingerprint density at radius 1 is 1.14 bits per heavy atom. The number of amides is 1. The molecule has 0 aromatic carbocycles. The molecular weight excluding hydrogens is 480 g/mol. The van der Waals surface area contributed by atoms with Gasteiger partial charge >= 0.3 is 0 Å². The number of aliphatic hydroxyl groups excluding tert-OH is 1. The van der Waals surface area contributed by atoms with Crippen LogP contribution in [0.15, 0.2) is 24.7 Å². The number of carbonyl (C=O) groups excluding carboxylic acids is 1. The van der Waals surface area contributed by atoms with Crippen LogP contribution in [0.4, 0.5) is 20.3 Å². The minimum Gasteiger partial charge on any atom is -0.391 e. The Morgan fingerprint density at radius 2 is 1.89 bits per heavy atom. The highest BCUT2D eigenvalue weighted by Crippen LogP contribution is 2.37. The van der Waals surface area contributed by atoms with Crippen molar-refractivity contribution in [2.24, 2.45) is 11.8 Å². The van der Waals surface area contributed by atoms with Gasteiger partial charge in [0.25, 0.3) is 12.3 Å². The van der Waals surface area contributed by atoms with Crippen LogP contribution in [0.5, 0.6) is 0 Å². The lowest BCUT2D eigenvalue weighted by Crippen LogP contribution is -2.36. The Hall–Kier alpha value is -3.08. The average molecular weight is 516 g/mol. The van der Waals surface area contributed by atoms with Gasteiger partial charge in [-0.15, -0.1) is 0 Å². The van der Waals surface area contributed by atoms with Crippen molar-refractivity contribution < 1.29 is 18.7 Å². The van der Waals surface area contributed by atoms with Crippen molar-refractivity contribution in [3.8, 4) is 0 Å². The highest BCUT2D eigenvalue weighted by molar-refractivity contribution is 6.08. The van der Waals surface area contributed by atoms with E-state index in [1.807, 2.05) is 0 Å². The second-order valence-electron chi connectivity index (χ2n) is 10.7. The first kappa shape index (κ1) is 25.6. The second kappa shape index (κ2) is 10.7. The number of nitrogens with zero attached hydrogens (tertiary/aromatic N) is 5. The molecule has 3 aromatic heterocycles. The predicted octanol–water partition coefficient (Wildman–Crippen LogP) is 5.22. The van der Waals surface area contributed by atoms with E-state index < -0.39 is 24.1 Å². The maximum absolute atomic E-state index is 13.8. The van der Waals surface area contributed by atoms with E-state index in [2.05, 4.69) is 39.7 Å². The van der Waals surface area contributed by atoms with Crippen LogP contribution in [0.1, 0.15) is 93.7 Å². The molecule has 0 spiro atoms. The number of nitrogens with one attached hydrogen (secondary N) is 2. The van der Waals surface area contributed by atoms with Gasteiger partial charge in [0.15, 0.2) is 11.3 Å². The number of fused-ring (bicyclic) bond motifs is 1. The van der Waals surface area contributed by atoms with Gasteiger partial charge in [-0.05, 0) is 56.4 Å². The van der Waals surface area contributed by atoms with E-state index in [-0.39, 0.29) is 23.3 Å². The molecule has 2 aliphatic carbocycles. The quantitative estimate of drug-likeness (QED) is 0.398. The molecule has 9 nitrogen and oxygen atoms in total. The summed E-state index contributed by atoms with van der Waals surface area (Å²) in [5.41, 5.74) is 0.0337. The minimum atomic E-state index is -2.82. The summed E-state index contributed by atoms with van der Waals surface area (Å²) >= 11 is 0. The molecule has 200 valence electrons. The zero-order valence-corrected chi connectivity index (χ0v) is 21.3. The molecule has 0 bridgehead atoms. The molecule has 3 aromatic rings. The maximum Gasteiger partial charge on any atom is 0.284 e. The highest BCUT2D eigenvalue weighted by atomic mass is 19.3. The van der Waals surface area contributed by atoms with Gasteiger partial charge in [0.1, 0.15) is 11.4 Å². The van der Waals surface area contributed by atoms with E-state index >= 15 is 0 Å². The van der Waals surface area contributed by atoms with Gasteiger partial charge in [-0.1, -0.05) is 26.7 Å². The van der Waals surface area contributed by atoms with E-state index in [0.29, 0.717) is 23.3 Å². The van der Waals surface area contributed by atoms with Crippen molar-refractivity contribution in [1.82, 2.24) is 24.4 Å². The van der Waals surface area contributed by atoms with Gasteiger partial charge in [0.2, 0.25) is 0 Å². The summed E-state index contributed by atoms with van der Waals surface area (Å²) in [6.07, 6.45) is 8.72. The number of hydrogen-bond acceptors (Lipinski definition) is 6. The molecule has 1 amide bonds. The fourth-order valence-corrected chi connectivity index (χ4v) is 5.65. The number of hydrogen-bond donors (Lipinski definition) is 3. The van der Waals surface area contributed by atoms with Crippen LogP contribution in [0, 0.1) is 11.8 Å². The number of halogens is 2. The molecule has 37 heavy (non-hydrogen) atoms. The van der Waals surface area contributed by atoms with Gasteiger partial charge in [-0.3, -0.25) is 9.48 Å². The molecule has 2 fully saturated rings. The maximum atomic E-state index is 13.8. The molecule has 0 radical (unpaired) electrons. The predicted molar refractivity (Wildman–Crippen MR) is 136 cm³/mol. The first-order valence-corrected chi connectivity index (χ1v) is 13.3. The number of carbonyl (C=O) groups is 1. The molecule has 0 unspecified atom stereocenters. The Labute approximate surface area is 214 Å². The van der Waals surface area contributed by atoms with Crippen LogP contribution >= 0.6 is 0 Å². The van der Waals surface area contributed by atoms with Crippen molar-refractivity contribution >= 4 is 23.1 Å². The molecule has 2 atom stereocenters. The first-order valence-electron chi connectivity index (χ1n) is 13.3. The highest BCUT2D eigenvalue weighted by Gasteiger charge is 2.29. The van der Waals surface area contributed by atoms with Crippen molar-refractivity contribution in [3.05, 3.63) is 35.9 Å². The van der Waals surface area contributed by atoms with Crippen molar-refractivity contribution in [2.75, 3.05) is 10.6 Å². The zero-order chi connectivity index (χ0) is 26.1. The van der Waals surface area contributed by atoms with Crippen LogP contribution in [-0.2, 0) is 0 Å². The van der Waals surface area contributed by atoms with E-state index in [9.17, 15) is 18.7 Å². The lowest BCUT2D eigenvalue weighted by Gasteiger charge is -2.30. The molecule has 5 rings (SSSR count). The van der Waals surface area contributed by atoms with Crippen LogP contribution in [0.25, 0.3) is 5.65 Å². The van der Waals surface area contributed by atoms with Crippen molar-refractivity contribution in [3.63, 3.8) is 0 Å². The van der Waals surface area contributed by atoms with E-state index in [1.165, 1.54) is 16.9 Å². The molecule has 11 heteroatoms. The lowest BCUT2D eigenvalue weighted by molar-refractivity contribution is 0.102. The Kier molecular flexibility index (Phi) is 7.41. The summed E-state index contributed by atoms with van der Waals surface area (Å²) < 4.78 is 30.7. The van der Waals surface area contributed by atoms with Crippen LogP contribution < -0.4 is 10.6 Å². The number of aliphatic hydroxyl groups is 1. The van der Waals surface area contributed by atoms with E-state index in [0.717, 1.165) is 51.4 Å². The van der Waals surface area contributed by atoms with Crippen LogP contribution in [-0.4, -0.2) is 47.5 Å². The molecular formula is C26H35F2N7O2. The second-order valence-corrected chi connectivity index (χ2v) is 10.7. The molecule has 2 aliphatic rings. The topological polar surface area (TPSA) is 109 Å². The van der Waals surface area contributed by atoms with Crippen molar-refractivity contribution in [1.29, 1.82) is 0 Å². The molecule has 3 heterocycles. The van der Waals surface area contributed by atoms with Gasteiger partial charge < -0.3 is 15.7 Å².